The highest BCUT2D eigenvalue weighted by Gasteiger charge is 2.07. The predicted octanol–water partition coefficient (Wildman–Crippen LogP) is 3.03. The highest BCUT2D eigenvalue weighted by atomic mass is 16.1. The van der Waals surface area contributed by atoms with Gasteiger partial charge in [0.15, 0.2) is 5.78 Å². The fourth-order valence-corrected chi connectivity index (χ4v) is 1.40. The minimum absolute atomic E-state index is 0.0237. The molecule has 73 valence electrons. The first-order chi connectivity index (χ1) is 7.27. The minimum Gasteiger partial charge on any atom is -0.289 e. The van der Waals surface area contributed by atoms with E-state index >= 15 is 0 Å². The van der Waals surface area contributed by atoms with Crippen molar-refractivity contribution < 1.29 is 4.79 Å². The van der Waals surface area contributed by atoms with E-state index in [2.05, 4.69) is 6.07 Å². The third kappa shape index (κ3) is 2.13. The van der Waals surface area contributed by atoms with Crippen LogP contribution in [0.25, 0.3) is 0 Å². The Morgan fingerprint density at radius 2 is 1.80 bits per heavy atom. The number of carbonyl (C=O) groups excluding carboxylic acids is 1. The molecule has 0 bridgehead atoms. The molecule has 2 rings (SSSR count). The maximum Gasteiger partial charge on any atom is 0.193 e. The number of hydrogen-bond donors (Lipinski definition) is 0. The van der Waals surface area contributed by atoms with E-state index < -0.39 is 0 Å². The second kappa shape index (κ2) is 4.09. The van der Waals surface area contributed by atoms with E-state index in [1.807, 2.05) is 43.3 Å². The van der Waals surface area contributed by atoms with Gasteiger partial charge in [0.2, 0.25) is 0 Å². The summed E-state index contributed by atoms with van der Waals surface area (Å²) >= 11 is 0. The van der Waals surface area contributed by atoms with Crippen LogP contribution in [-0.2, 0) is 0 Å². The van der Waals surface area contributed by atoms with Crippen molar-refractivity contribution in [2.75, 3.05) is 0 Å². The molecular formula is C14H11O. The summed E-state index contributed by atoms with van der Waals surface area (Å²) in [6.45, 7) is 2.00. The zero-order valence-electron chi connectivity index (χ0n) is 8.53. The standard InChI is InChI=1S/C14H11O/c1-11-7-9-13(10-8-11)14(15)12-5-3-2-4-6-12/h2-5,7-10H,1H3. The number of ketones is 1. The van der Waals surface area contributed by atoms with Gasteiger partial charge in [-0.1, -0.05) is 54.1 Å². The largest absolute Gasteiger partial charge is 0.289 e. The molecule has 2 aromatic carbocycles. The highest BCUT2D eigenvalue weighted by molar-refractivity contribution is 6.08. The van der Waals surface area contributed by atoms with Crippen LogP contribution in [0.2, 0.25) is 0 Å². The molecule has 1 radical (unpaired) electrons. The van der Waals surface area contributed by atoms with Gasteiger partial charge in [-0.2, -0.15) is 0 Å². The molecule has 0 saturated carbocycles. The molecule has 0 amide bonds. The number of rotatable bonds is 2. The van der Waals surface area contributed by atoms with Gasteiger partial charge in [-0.3, -0.25) is 4.79 Å². The van der Waals surface area contributed by atoms with E-state index in [0.717, 1.165) is 5.56 Å². The lowest BCUT2D eigenvalue weighted by Gasteiger charge is -2.00. The maximum absolute atomic E-state index is 11.9. The molecule has 1 heteroatoms. The van der Waals surface area contributed by atoms with E-state index in [4.69, 9.17) is 0 Å². The number of aryl methyl sites for hydroxylation is 1. The molecule has 0 fully saturated rings. The number of hydrogen-bond acceptors (Lipinski definition) is 1. The summed E-state index contributed by atoms with van der Waals surface area (Å²) in [5.74, 6) is 0.0237. The Morgan fingerprint density at radius 1 is 1.07 bits per heavy atom. The van der Waals surface area contributed by atoms with E-state index in [-0.39, 0.29) is 5.78 Å². The van der Waals surface area contributed by atoms with Crippen LogP contribution in [0.15, 0.2) is 48.5 Å². The molecule has 0 spiro atoms. The van der Waals surface area contributed by atoms with Gasteiger partial charge < -0.3 is 0 Å². The average molecular weight is 195 g/mol. The van der Waals surface area contributed by atoms with Crippen molar-refractivity contribution in [3.05, 3.63) is 71.3 Å². The molecule has 1 nitrogen and oxygen atoms in total. The van der Waals surface area contributed by atoms with Crippen molar-refractivity contribution in [2.24, 2.45) is 0 Å². The van der Waals surface area contributed by atoms with E-state index in [0.29, 0.717) is 11.1 Å². The lowest BCUT2D eigenvalue weighted by atomic mass is 10.0. The quantitative estimate of drug-likeness (QED) is 0.673. The number of benzene rings is 2. The smallest absolute Gasteiger partial charge is 0.193 e. The molecule has 0 atom stereocenters. The third-order valence-electron chi connectivity index (χ3n) is 2.27. The summed E-state index contributed by atoms with van der Waals surface area (Å²) in [5, 5.41) is 0. The molecule has 0 aliphatic heterocycles. The van der Waals surface area contributed by atoms with Gasteiger partial charge in [0.05, 0.1) is 0 Å². The zero-order valence-corrected chi connectivity index (χ0v) is 8.53. The van der Waals surface area contributed by atoms with Gasteiger partial charge in [-0.15, -0.1) is 0 Å². The third-order valence-corrected chi connectivity index (χ3v) is 2.27. The van der Waals surface area contributed by atoms with E-state index in [1.165, 1.54) is 0 Å². The van der Waals surface area contributed by atoms with Gasteiger partial charge in [0.1, 0.15) is 0 Å². The first kappa shape index (κ1) is 9.66. The van der Waals surface area contributed by atoms with Crippen LogP contribution in [-0.4, -0.2) is 5.78 Å². The van der Waals surface area contributed by atoms with Crippen LogP contribution in [0.4, 0.5) is 0 Å². The molecule has 15 heavy (non-hydrogen) atoms. The summed E-state index contributed by atoms with van der Waals surface area (Å²) in [6.07, 6.45) is 0. The molecule has 0 saturated heterocycles. The van der Waals surface area contributed by atoms with Gasteiger partial charge >= 0.3 is 0 Å². The Kier molecular flexibility index (Phi) is 2.64. The molecule has 2 aromatic rings. The predicted molar refractivity (Wildman–Crippen MR) is 59.9 cm³/mol. The van der Waals surface area contributed by atoms with Gasteiger partial charge in [0.25, 0.3) is 0 Å². The van der Waals surface area contributed by atoms with Crippen LogP contribution in [0, 0.1) is 13.0 Å². The molecular weight excluding hydrogens is 184 g/mol. The number of carbonyl (C=O) groups is 1. The summed E-state index contributed by atoms with van der Waals surface area (Å²) in [6, 6.07) is 17.7. The van der Waals surface area contributed by atoms with Gasteiger partial charge in [0, 0.05) is 11.1 Å². The van der Waals surface area contributed by atoms with Crippen molar-refractivity contribution in [3.63, 3.8) is 0 Å². The summed E-state index contributed by atoms with van der Waals surface area (Å²) in [4.78, 5) is 11.9. The SMILES string of the molecule is Cc1ccc(C(=O)c2[c]cccc2)cc1. The Labute approximate surface area is 89.4 Å². The van der Waals surface area contributed by atoms with Gasteiger partial charge in [-0.25, -0.2) is 0 Å². The van der Waals surface area contributed by atoms with Crippen LogP contribution in [0.5, 0.6) is 0 Å². The van der Waals surface area contributed by atoms with Crippen LogP contribution >= 0.6 is 0 Å². The first-order valence-corrected chi connectivity index (χ1v) is 4.85. The monoisotopic (exact) mass is 195 g/mol. The molecule has 0 aliphatic carbocycles. The Hall–Kier alpha value is -1.89. The molecule has 0 unspecified atom stereocenters. The average Bonchev–Trinajstić information content (AvgIpc) is 2.30. The Balaban J connectivity index is 2.33. The molecule has 0 heterocycles. The minimum atomic E-state index is 0.0237. The highest BCUT2D eigenvalue weighted by Crippen LogP contribution is 2.09. The molecule has 0 aliphatic rings. The van der Waals surface area contributed by atoms with Crippen molar-refractivity contribution in [2.45, 2.75) is 6.92 Å². The zero-order chi connectivity index (χ0) is 10.7. The Morgan fingerprint density at radius 3 is 2.40 bits per heavy atom. The lowest BCUT2D eigenvalue weighted by molar-refractivity contribution is 0.103. The van der Waals surface area contributed by atoms with Crippen molar-refractivity contribution in [3.8, 4) is 0 Å². The van der Waals surface area contributed by atoms with Crippen molar-refractivity contribution >= 4 is 5.78 Å². The summed E-state index contributed by atoms with van der Waals surface area (Å²) < 4.78 is 0. The van der Waals surface area contributed by atoms with Crippen LogP contribution < -0.4 is 0 Å². The van der Waals surface area contributed by atoms with Crippen LogP contribution in [0.3, 0.4) is 0 Å². The normalized spacial score (nSPS) is 9.93. The fourth-order valence-electron chi connectivity index (χ4n) is 1.40. The Bertz CT molecular complexity index is 454. The van der Waals surface area contributed by atoms with E-state index in [1.54, 1.807) is 12.1 Å². The fraction of sp³-hybridized carbons (Fsp3) is 0.0714. The second-order valence-corrected chi connectivity index (χ2v) is 3.47. The molecule has 0 N–H and O–H groups in total. The first-order valence-electron chi connectivity index (χ1n) is 4.85. The second-order valence-electron chi connectivity index (χ2n) is 3.47. The van der Waals surface area contributed by atoms with Crippen molar-refractivity contribution in [1.29, 1.82) is 0 Å². The molecule has 0 aromatic heterocycles. The lowest BCUT2D eigenvalue weighted by Crippen LogP contribution is -2.00. The van der Waals surface area contributed by atoms with Gasteiger partial charge in [-0.05, 0) is 13.0 Å². The summed E-state index contributed by atoms with van der Waals surface area (Å²) in [5.41, 5.74) is 2.48. The van der Waals surface area contributed by atoms with E-state index in [9.17, 15) is 4.79 Å². The summed E-state index contributed by atoms with van der Waals surface area (Å²) in [7, 11) is 0. The topological polar surface area (TPSA) is 17.1 Å². The van der Waals surface area contributed by atoms with Crippen LogP contribution in [0.1, 0.15) is 21.5 Å². The maximum atomic E-state index is 11.9. The van der Waals surface area contributed by atoms with Crippen molar-refractivity contribution in [1.82, 2.24) is 0 Å².